The fourth-order valence-electron chi connectivity index (χ4n) is 2.24. The number of pyridine rings is 1. The van der Waals surface area contributed by atoms with Gasteiger partial charge in [0.15, 0.2) is 5.96 Å². The van der Waals surface area contributed by atoms with Gasteiger partial charge in [-0.05, 0) is 44.2 Å². The van der Waals surface area contributed by atoms with E-state index in [0.717, 1.165) is 36.9 Å². The Kier molecular flexibility index (Phi) is 3.60. The van der Waals surface area contributed by atoms with Crippen molar-refractivity contribution in [3.8, 4) is 0 Å². The number of nitrogens with two attached hydrogens (primary N) is 1. The number of nitrogens with one attached hydrogen (secondary N) is 2. The summed E-state index contributed by atoms with van der Waals surface area (Å²) in [7, 11) is 0. The van der Waals surface area contributed by atoms with Gasteiger partial charge in [0.2, 0.25) is 0 Å². The summed E-state index contributed by atoms with van der Waals surface area (Å²) in [6.45, 7) is 3.80. The zero-order chi connectivity index (χ0) is 13.1. The molecule has 0 saturated carbocycles. The Balaban J connectivity index is 2.34. The minimum atomic E-state index is -0.410. The molecule has 0 fully saturated rings. The molecule has 1 aromatic heterocycles. The number of guanidine groups is 1. The van der Waals surface area contributed by atoms with Crippen LogP contribution in [0.15, 0.2) is 6.07 Å². The molecule has 1 aliphatic carbocycles. The van der Waals surface area contributed by atoms with E-state index in [1.165, 1.54) is 6.42 Å². The lowest BCUT2D eigenvalue weighted by atomic mass is 10.0. The van der Waals surface area contributed by atoms with Crippen LogP contribution in [0.1, 0.15) is 46.6 Å². The van der Waals surface area contributed by atoms with E-state index in [1.807, 2.05) is 6.07 Å². The van der Waals surface area contributed by atoms with E-state index >= 15 is 0 Å². The average molecular weight is 245 g/mol. The summed E-state index contributed by atoms with van der Waals surface area (Å²) >= 11 is 0. The average Bonchev–Trinajstić information content (AvgIpc) is 2.51. The fraction of sp³-hybridized carbons (Fsp3) is 0.385. The van der Waals surface area contributed by atoms with Crippen molar-refractivity contribution in [3.05, 3.63) is 35.5 Å². The molecule has 1 heterocycles. The number of aryl methyl sites for hydroxylation is 2. The summed E-state index contributed by atoms with van der Waals surface area (Å²) in [6, 6.07) is 1.84. The molecule has 5 nitrogen and oxygen atoms in total. The van der Waals surface area contributed by atoms with Crippen molar-refractivity contribution in [2.45, 2.75) is 32.1 Å². The van der Waals surface area contributed by atoms with Crippen LogP contribution in [0.25, 0.3) is 0 Å². The first-order chi connectivity index (χ1) is 8.58. The van der Waals surface area contributed by atoms with Crippen LogP contribution in [-0.2, 0) is 12.8 Å². The predicted molar refractivity (Wildman–Crippen MR) is 69.3 cm³/mol. The largest absolute Gasteiger partial charge is 0.370 e. The molecule has 0 aliphatic heterocycles. The van der Waals surface area contributed by atoms with Gasteiger partial charge in [-0.1, -0.05) is 6.42 Å². The maximum absolute atomic E-state index is 11.8. The molecule has 95 valence electrons. The van der Waals surface area contributed by atoms with Gasteiger partial charge in [0.1, 0.15) is 0 Å². The first-order valence-electron chi connectivity index (χ1n) is 6.08. The molecule has 18 heavy (non-hydrogen) atoms. The maximum atomic E-state index is 11.8. The quantitative estimate of drug-likeness (QED) is 0.394. The topological polar surface area (TPSA) is 91.9 Å². The predicted octanol–water partition coefficient (Wildman–Crippen LogP) is 1.16. The number of carbonyl (C=O) groups is 1. The molecule has 2 rings (SSSR count). The van der Waals surface area contributed by atoms with Crippen LogP contribution in [0.5, 0.6) is 0 Å². The van der Waals surface area contributed by atoms with Crippen molar-refractivity contribution in [2.24, 2.45) is 5.73 Å². The molecular weight excluding hydrogens is 228 g/mol. The van der Waals surface area contributed by atoms with Crippen LogP contribution in [0.4, 0.5) is 0 Å². The minimum Gasteiger partial charge on any atom is -0.370 e. The van der Waals surface area contributed by atoms with Crippen molar-refractivity contribution in [2.75, 3.05) is 0 Å². The number of hydrogen-bond donors (Lipinski definition) is 3. The Hall–Kier alpha value is -1.91. The Morgan fingerprint density at radius 2 is 2.11 bits per heavy atom. The molecule has 0 saturated heterocycles. The standard InChI is InChI=1S/C13H17N4O/c1-8-10(12(18)17-13(14)15)7-9-5-3-2-4-6-11(9)16-8/h7H,1-6H2,(H4,14,15,17,18). The molecule has 0 bridgehead atoms. The lowest BCUT2D eigenvalue weighted by molar-refractivity contribution is 0.0975. The highest BCUT2D eigenvalue weighted by Gasteiger charge is 2.16. The highest BCUT2D eigenvalue weighted by Crippen LogP contribution is 2.21. The highest BCUT2D eigenvalue weighted by atomic mass is 16.1. The number of carbonyl (C=O) groups excluding carboxylic acids is 1. The first kappa shape index (κ1) is 12.5. The van der Waals surface area contributed by atoms with Gasteiger partial charge in [0, 0.05) is 5.69 Å². The van der Waals surface area contributed by atoms with Crippen LogP contribution >= 0.6 is 0 Å². The Morgan fingerprint density at radius 3 is 2.83 bits per heavy atom. The zero-order valence-electron chi connectivity index (χ0n) is 10.3. The molecule has 0 atom stereocenters. The first-order valence-corrected chi connectivity index (χ1v) is 6.08. The van der Waals surface area contributed by atoms with Gasteiger partial charge in [-0.2, -0.15) is 0 Å². The summed E-state index contributed by atoms with van der Waals surface area (Å²) in [5.41, 5.74) is 8.19. The summed E-state index contributed by atoms with van der Waals surface area (Å²) in [5, 5.41) is 9.34. The Bertz CT molecular complexity index is 496. The molecule has 4 N–H and O–H groups in total. The Labute approximate surface area is 106 Å². The van der Waals surface area contributed by atoms with Crippen LogP contribution < -0.4 is 11.1 Å². The molecule has 5 heteroatoms. The number of amides is 1. The van der Waals surface area contributed by atoms with Crippen LogP contribution in [0.2, 0.25) is 0 Å². The molecule has 1 aromatic rings. The normalized spacial score (nSPS) is 14.5. The van der Waals surface area contributed by atoms with Gasteiger partial charge in [0.25, 0.3) is 5.91 Å². The van der Waals surface area contributed by atoms with Gasteiger partial charge in [0.05, 0.1) is 11.3 Å². The van der Waals surface area contributed by atoms with Crippen molar-refractivity contribution in [1.82, 2.24) is 10.3 Å². The number of hydrogen-bond acceptors (Lipinski definition) is 3. The van der Waals surface area contributed by atoms with Crippen molar-refractivity contribution < 1.29 is 4.79 Å². The van der Waals surface area contributed by atoms with Crippen molar-refractivity contribution >= 4 is 11.9 Å². The minimum absolute atomic E-state index is 0.366. The number of aromatic nitrogens is 1. The van der Waals surface area contributed by atoms with Gasteiger partial charge < -0.3 is 5.73 Å². The van der Waals surface area contributed by atoms with Gasteiger partial charge >= 0.3 is 0 Å². The second-order valence-electron chi connectivity index (χ2n) is 4.52. The molecule has 1 aliphatic rings. The van der Waals surface area contributed by atoms with Crippen LogP contribution in [-0.4, -0.2) is 16.9 Å². The van der Waals surface area contributed by atoms with E-state index in [4.69, 9.17) is 11.1 Å². The summed E-state index contributed by atoms with van der Waals surface area (Å²) in [4.78, 5) is 16.3. The summed E-state index contributed by atoms with van der Waals surface area (Å²) < 4.78 is 0. The lowest BCUT2D eigenvalue weighted by Crippen LogP contribution is -2.36. The molecule has 0 spiro atoms. The summed E-state index contributed by atoms with van der Waals surface area (Å²) in [5.74, 6) is -0.776. The van der Waals surface area contributed by atoms with E-state index in [2.05, 4.69) is 17.2 Å². The third-order valence-corrected chi connectivity index (χ3v) is 3.12. The molecular formula is C13H17N4O. The maximum Gasteiger partial charge on any atom is 0.259 e. The highest BCUT2D eigenvalue weighted by molar-refractivity contribution is 6.05. The number of rotatable bonds is 1. The fourth-order valence-corrected chi connectivity index (χ4v) is 2.24. The van der Waals surface area contributed by atoms with E-state index in [0.29, 0.717) is 11.3 Å². The van der Waals surface area contributed by atoms with E-state index in [-0.39, 0.29) is 5.96 Å². The van der Waals surface area contributed by atoms with Gasteiger partial charge in [-0.15, -0.1) is 0 Å². The van der Waals surface area contributed by atoms with E-state index in [1.54, 1.807) is 0 Å². The van der Waals surface area contributed by atoms with E-state index < -0.39 is 5.91 Å². The summed E-state index contributed by atoms with van der Waals surface area (Å²) in [6.07, 6.45) is 5.35. The third-order valence-electron chi connectivity index (χ3n) is 3.12. The SMILES string of the molecule is [CH2]c1nc2c(cc1C(=O)NC(=N)N)CCCCC2. The van der Waals surface area contributed by atoms with Gasteiger partial charge in [-0.3, -0.25) is 20.5 Å². The second-order valence-corrected chi connectivity index (χ2v) is 4.52. The van der Waals surface area contributed by atoms with Crippen LogP contribution in [0.3, 0.4) is 0 Å². The molecule has 0 aromatic carbocycles. The van der Waals surface area contributed by atoms with Crippen molar-refractivity contribution in [1.29, 1.82) is 5.41 Å². The number of nitrogens with zero attached hydrogens (tertiary/aromatic N) is 1. The number of fused-ring (bicyclic) bond motifs is 1. The van der Waals surface area contributed by atoms with Crippen molar-refractivity contribution in [3.63, 3.8) is 0 Å². The van der Waals surface area contributed by atoms with E-state index in [9.17, 15) is 4.79 Å². The monoisotopic (exact) mass is 245 g/mol. The molecule has 1 radical (unpaired) electrons. The van der Waals surface area contributed by atoms with Gasteiger partial charge in [-0.25, -0.2) is 0 Å². The molecule has 0 unspecified atom stereocenters. The lowest BCUT2D eigenvalue weighted by Gasteiger charge is -2.11. The zero-order valence-corrected chi connectivity index (χ0v) is 10.3. The third kappa shape index (κ3) is 2.67. The molecule has 1 amide bonds. The van der Waals surface area contributed by atoms with Crippen LogP contribution in [0, 0.1) is 12.3 Å². The second kappa shape index (κ2) is 5.16. The Morgan fingerprint density at radius 1 is 1.39 bits per heavy atom. The smallest absolute Gasteiger partial charge is 0.259 e.